The van der Waals surface area contributed by atoms with E-state index < -0.39 is 17.8 Å². The predicted molar refractivity (Wildman–Crippen MR) is 193 cm³/mol. The average Bonchev–Trinajstić information content (AvgIpc) is 3.67. The smallest absolute Gasteiger partial charge is 0.170 e. The first-order valence-electron chi connectivity index (χ1n) is 20.7. The summed E-state index contributed by atoms with van der Waals surface area (Å²) < 4.78 is 26.4. The van der Waals surface area contributed by atoms with Crippen LogP contribution in [-0.4, -0.2) is 121 Å². The lowest BCUT2D eigenvalue weighted by Gasteiger charge is -2.64. The van der Waals surface area contributed by atoms with Gasteiger partial charge >= 0.3 is 0 Å². The van der Waals surface area contributed by atoms with Crippen molar-refractivity contribution in [3.63, 3.8) is 0 Å². The fourth-order valence-corrected chi connectivity index (χ4v) is 15.1. The van der Waals surface area contributed by atoms with E-state index >= 15 is 0 Å². The Hall–Kier alpha value is -0.360. The first-order valence-corrected chi connectivity index (χ1v) is 20.7. The van der Waals surface area contributed by atoms with E-state index in [2.05, 4.69) is 44.4 Å². The first-order chi connectivity index (χ1) is 23.6. The minimum Gasteiger partial charge on any atom is -0.390 e. The highest BCUT2D eigenvalue weighted by atomic mass is 16.7. The topological polar surface area (TPSA) is 110 Å². The number of aliphatic hydroxyl groups is 2. The molecule has 0 bridgehead atoms. The Morgan fingerprint density at radius 1 is 1.00 bits per heavy atom. The second-order valence-electron chi connectivity index (χ2n) is 20.2. The van der Waals surface area contributed by atoms with Crippen molar-refractivity contribution in [3.8, 4) is 0 Å². The number of fused-ring (bicyclic) bond motifs is 4. The molecule has 8 aliphatic rings. The van der Waals surface area contributed by atoms with Crippen molar-refractivity contribution < 1.29 is 29.2 Å². The molecule has 4 N–H and O–H groups in total. The van der Waals surface area contributed by atoms with E-state index in [-0.39, 0.29) is 40.8 Å². The predicted octanol–water partition coefficient (Wildman–Crippen LogP) is 4.66. The molecule has 0 radical (unpaired) electrons. The summed E-state index contributed by atoms with van der Waals surface area (Å²) in [6.07, 6.45) is 8.06. The van der Waals surface area contributed by atoms with Gasteiger partial charge in [0.2, 0.25) is 0 Å². The van der Waals surface area contributed by atoms with Gasteiger partial charge in [0.05, 0.1) is 36.6 Å². The molecule has 3 saturated heterocycles. The molecule has 9 heteroatoms. The number of nitrogens with two attached hydrogens (primary N) is 1. The fraction of sp³-hybridized carbons (Fsp3) is 1.00. The number of hydrogen-bond acceptors (Lipinski definition) is 9. The molecule has 0 aromatic rings. The summed E-state index contributed by atoms with van der Waals surface area (Å²) >= 11 is 0. The molecule has 0 amide bonds. The van der Waals surface area contributed by atoms with Gasteiger partial charge in [0, 0.05) is 57.3 Å². The summed E-state index contributed by atoms with van der Waals surface area (Å²) in [7, 11) is 0. The van der Waals surface area contributed by atoms with Gasteiger partial charge in [-0.2, -0.15) is 0 Å². The van der Waals surface area contributed by atoms with Crippen molar-refractivity contribution in [2.75, 3.05) is 52.5 Å². The Labute approximate surface area is 302 Å². The molecule has 3 unspecified atom stereocenters. The Balaban J connectivity index is 0.988. The molecule has 0 aromatic carbocycles. The van der Waals surface area contributed by atoms with Crippen molar-refractivity contribution in [2.24, 2.45) is 56.5 Å². The number of ether oxygens (including phenoxy) is 4. The molecule has 8 fully saturated rings. The van der Waals surface area contributed by atoms with Crippen molar-refractivity contribution in [2.45, 2.75) is 155 Å². The normalized spacial score (nSPS) is 51.1. The summed E-state index contributed by atoms with van der Waals surface area (Å²) in [5, 5.41) is 23.7. The van der Waals surface area contributed by atoms with Crippen molar-refractivity contribution in [1.29, 1.82) is 0 Å². The number of morpholine rings is 1. The third-order valence-electron chi connectivity index (χ3n) is 17.4. The summed E-state index contributed by atoms with van der Waals surface area (Å²) in [5.74, 6) is 1.84. The molecule has 3 aliphatic heterocycles. The van der Waals surface area contributed by atoms with Gasteiger partial charge in [0.15, 0.2) is 6.29 Å². The number of nitrogens with zero attached hydrogens (tertiary/aromatic N) is 2. The van der Waals surface area contributed by atoms with Crippen LogP contribution in [0, 0.1) is 50.7 Å². The second-order valence-corrected chi connectivity index (χ2v) is 20.2. The van der Waals surface area contributed by atoms with Gasteiger partial charge in [-0.3, -0.25) is 9.80 Å². The summed E-state index contributed by atoms with van der Waals surface area (Å²) in [4.78, 5) is 5.05. The van der Waals surface area contributed by atoms with E-state index in [0.29, 0.717) is 47.2 Å². The molecule has 2 spiro atoms. The van der Waals surface area contributed by atoms with Gasteiger partial charge in [0.1, 0.15) is 6.10 Å². The molecule has 0 aromatic heterocycles. The minimum absolute atomic E-state index is 0.0195. The van der Waals surface area contributed by atoms with Crippen LogP contribution >= 0.6 is 0 Å². The lowest BCUT2D eigenvalue weighted by atomic mass is 9.41. The number of aliphatic hydroxyl groups excluding tert-OH is 1. The summed E-state index contributed by atoms with van der Waals surface area (Å²) in [5.41, 5.74) is 5.33. The quantitative estimate of drug-likeness (QED) is 0.316. The average molecular weight is 702 g/mol. The first kappa shape index (κ1) is 36.6. The van der Waals surface area contributed by atoms with Crippen LogP contribution in [0.5, 0.6) is 0 Å². The van der Waals surface area contributed by atoms with Gasteiger partial charge in [-0.25, -0.2) is 0 Å². The van der Waals surface area contributed by atoms with Crippen LogP contribution in [0.2, 0.25) is 0 Å². The second kappa shape index (κ2) is 12.3. The van der Waals surface area contributed by atoms with Crippen molar-refractivity contribution in [1.82, 2.24) is 9.80 Å². The van der Waals surface area contributed by atoms with Crippen LogP contribution in [0.3, 0.4) is 0 Å². The molecular formula is C41H71N3O6. The Morgan fingerprint density at radius 3 is 2.42 bits per heavy atom. The molecule has 3 heterocycles. The minimum atomic E-state index is -1.01. The van der Waals surface area contributed by atoms with E-state index in [1.54, 1.807) is 0 Å². The summed E-state index contributed by atoms with van der Waals surface area (Å²) in [6, 6.07) is 0.598. The largest absolute Gasteiger partial charge is 0.390 e. The zero-order valence-corrected chi connectivity index (χ0v) is 32.7. The number of rotatable bonds is 9. The molecule has 5 aliphatic carbocycles. The monoisotopic (exact) mass is 702 g/mol. The molecule has 14 atom stereocenters. The Bertz CT molecular complexity index is 1270. The summed E-state index contributed by atoms with van der Waals surface area (Å²) in [6.45, 7) is 25.1. The molecule has 5 saturated carbocycles. The Morgan fingerprint density at radius 2 is 1.72 bits per heavy atom. The highest BCUT2D eigenvalue weighted by Gasteiger charge is 2.84. The highest BCUT2D eigenvalue weighted by Crippen LogP contribution is 2.89. The maximum Gasteiger partial charge on any atom is 0.170 e. The van der Waals surface area contributed by atoms with Crippen LogP contribution in [0.4, 0.5) is 0 Å². The van der Waals surface area contributed by atoms with Crippen LogP contribution in [0.15, 0.2) is 0 Å². The Kier molecular flexibility index (Phi) is 9.02. The lowest BCUT2D eigenvalue weighted by molar-refractivity contribution is -0.253. The van der Waals surface area contributed by atoms with E-state index in [0.717, 1.165) is 58.7 Å². The van der Waals surface area contributed by atoms with E-state index in [9.17, 15) is 10.2 Å². The molecule has 9 nitrogen and oxygen atoms in total. The van der Waals surface area contributed by atoms with Gasteiger partial charge in [-0.05, 0) is 117 Å². The number of likely N-dealkylation sites (tertiary alicyclic amines) is 1. The van der Waals surface area contributed by atoms with Crippen LogP contribution < -0.4 is 5.73 Å². The van der Waals surface area contributed by atoms with Crippen molar-refractivity contribution >= 4 is 0 Å². The third-order valence-corrected chi connectivity index (χ3v) is 17.4. The van der Waals surface area contributed by atoms with Gasteiger partial charge in [-0.15, -0.1) is 0 Å². The van der Waals surface area contributed by atoms with Crippen LogP contribution in [-0.2, 0) is 18.9 Å². The standard InChI is InChI=1S/C41H71N3O6/c1-9-47-35(37(5,6)46)27-20-25(2)32-33(49-27)34(45)39(8)29-11-10-28-36(3,4)30(12-13-40(28)24-41(29,40)15-14-38(32,39)7)50-31-23-44(18-19-48-31)26-21-43(22-26)17-16-42/h25-35,45-46H,9-24,42H2,1-8H3/t25-,27?,28+,29?,30+,31+,32+,33?,34+,35+,38-,39-,40-,41+/m1/s1. The lowest BCUT2D eigenvalue weighted by Crippen LogP contribution is -2.63. The van der Waals surface area contributed by atoms with Gasteiger partial charge in [-0.1, -0.05) is 34.6 Å². The third kappa shape index (κ3) is 5.02. The molecule has 50 heavy (non-hydrogen) atoms. The maximum absolute atomic E-state index is 12.6. The number of hydrogen-bond donors (Lipinski definition) is 3. The van der Waals surface area contributed by atoms with Gasteiger partial charge < -0.3 is 34.9 Å². The zero-order valence-electron chi connectivity index (χ0n) is 32.7. The molecule has 8 rings (SSSR count). The highest BCUT2D eigenvalue weighted by molar-refractivity contribution is 5.33. The fourth-order valence-electron chi connectivity index (χ4n) is 15.1. The SMILES string of the molecule is CCO[C@@H](C1C[C@@H](C)[C@H]2C(O1)[C@H](O)[C@@]1(C)C3CC[C@H]4C(C)(C)[C@@H](O[C@H]5CN(C6CN(CCN)C6)CCO5)CC[C@@]45C[C@@]35CC[C@]21C)C(C)(C)O. The van der Waals surface area contributed by atoms with E-state index in [1.807, 2.05) is 20.8 Å². The van der Waals surface area contributed by atoms with Crippen LogP contribution in [0.1, 0.15) is 107 Å². The van der Waals surface area contributed by atoms with Crippen molar-refractivity contribution in [3.05, 3.63) is 0 Å². The van der Waals surface area contributed by atoms with Crippen LogP contribution in [0.25, 0.3) is 0 Å². The van der Waals surface area contributed by atoms with Gasteiger partial charge in [0.25, 0.3) is 0 Å². The maximum atomic E-state index is 12.6. The van der Waals surface area contributed by atoms with E-state index in [1.165, 1.54) is 38.5 Å². The molecule has 286 valence electrons. The zero-order chi connectivity index (χ0) is 35.6. The molecular weight excluding hydrogens is 630 g/mol. The van der Waals surface area contributed by atoms with E-state index in [4.69, 9.17) is 24.7 Å².